The van der Waals surface area contributed by atoms with Crippen LogP contribution in [-0.4, -0.2) is 104 Å². The molecule has 3 aliphatic rings. The lowest BCUT2D eigenvalue weighted by atomic mass is 9.94. The average molecular weight is 783 g/mol. The molecule has 0 spiro atoms. The second-order valence-corrected chi connectivity index (χ2v) is 13.1. The summed E-state index contributed by atoms with van der Waals surface area (Å²) in [5, 5.41) is 11.6. The van der Waals surface area contributed by atoms with Gasteiger partial charge in [-0.2, -0.15) is 0 Å². The summed E-state index contributed by atoms with van der Waals surface area (Å²) in [4.78, 5) is 49.7. The van der Waals surface area contributed by atoms with E-state index in [1.165, 1.54) is 19.2 Å². The van der Waals surface area contributed by atoms with Gasteiger partial charge in [-0.1, -0.05) is 88.1 Å². The van der Waals surface area contributed by atoms with Crippen molar-refractivity contribution in [1.82, 2.24) is 4.90 Å². The van der Waals surface area contributed by atoms with Gasteiger partial charge in [-0.3, -0.25) is 19.3 Å². The lowest BCUT2D eigenvalue weighted by Crippen LogP contribution is -2.65. The van der Waals surface area contributed by atoms with Gasteiger partial charge < -0.3 is 33.2 Å². The molecule has 2 fully saturated rings. The number of nitrogens with zero attached hydrogens (tertiary/aromatic N) is 10. The van der Waals surface area contributed by atoms with E-state index in [1.54, 1.807) is 36.4 Å². The predicted molar refractivity (Wildman–Crippen MR) is 196 cm³/mol. The first-order chi connectivity index (χ1) is 27.8. The highest BCUT2D eigenvalue weighted by Crippen LogP contribution is 2.37. The number of hydrogen-bond donors (Lipinski definition) is 0. The topological polar surface area (TPSA) is 265 Å². The van der Waals surface area contributed by atoms with Crippen LogP contribution in [0.5, 0.6) is 0 Å². The standard InChI is InChI=1S/C37H38N10O10/c1-21(48)54-31-27(18-47-34(49)24-15-9-10-16-25(24)35(47)50)56-37(29(43-46-40)33(31)53-20-23-13-7-4-8-14-23)57-30-26(17-41-44-38)55-36(51-2)28(42-45-39)32(30)52-19-22-11-5-3-6-12-22/h3-16,26-33,36-37H,17-20H2,1-2H3/t26-,27-,28-,29-,30-,31-,32-,33-,36+,37-/m1/s1. The molecule has 3 aliphatic heterocycles. The molecule has 10 atom stereocenters. The number of imide groups is 1. The number of ether oxygens (including phenoxy) is 7. The molecule has 0 radical (unpaired) electrons. The zero-order chi connectivity index (χ0) is 40.3. The third kappa shape index (κ3) is 9.33. The monoisotopic (exact) mass is 782 g/mol. The molecule has 20 nitrogen and oxygen atoms in total. The Balaban J connectivity index is 1.42. The molecule has 3 aromatic carbocycles. The summed E-state index contributed by atoms with van der Waals surface area (Å²) >= 11 is 0. The molecule has 0 N–H and O–H groups in total. The van der Waals surface area contributed by atoms with Crippen molar-refractivity contribution in [3.63, 3.8) is 0 Å². The summed E-state index contributed by atoms with van der Waals surface area (Å²) in [5.74, 6) is -1.97. The van der Waals surface area contributed by atoms with E-state index in [0.717, 1.165) is 17.4 Å². The number of hydrogen-bond acceptors (Lipinski definition) is 13. The van der Waals surface area contributed by atoms with E-state index in [2.05, 4.69) is 30.1 Å². The van der Waals surface area contributed by atoms with Crippen LogP contribution in [0.2, 0.25) is 0 Å². The van der Waals surface area contributed by atoms with Gasteiger partial charge in [0.05, 0.1) is 43.5 Å². The molecule has 0 unspecified atom stereocenters. The Morgan fingerprint density at radius 1 is 0.702 bits per heavy atom. The lowest BCUT2D eigenvalue weighted by Gasteiger charge is -2.49. The van der Waals surface area contributed by atoms with Crippen molar-refractivity contribution in [2.75, 3.05) is 20.2 Å². The fourth-order valence-corrected chi connectivity index (χ4v) is 7.02. The fraction of sp³-hybridized carbons (Fsp3) is 0.432. The summed E-state index contributed by atoms with van der Waals surface area (Å²) in [6.07, 6.45) is -10.3. The molecule has 3 heterocycles. The molecule has 57 heavy (non-hydrogen) atoms. The van der Waals surface area contributed by atoms with E-state index in [0.29, 0.717) is 5.56 Å². The number of rotatable bonds is 16. The maximum Gasteiger partial charge on any atom is 0.303 e. The number of esters is 1. The molecule has 20 heteroatoms. The number of methoxy groups -OCH3 is 1. The van der Waals surface area contributed by atoms with E-state index < -0.39 is 85.6 Å². The third-order valence-electron chi connectivity index (χ3n) is 9.56. The summed E-state index contributed by atoms with van der Waals surface area (Å²) in [6.45, 7) is 0.337. The van der Waals surface area contributed by atoms with Crippen molar-refractivity contribution in [2.45, 2.75) is 81.4 Å². The third-order valence-corrected chi connectivity index (χ3v) is 9.56. The van der Waals surface area contributed by atoms with Gasteiger partial charge in [0.2, 0.25) is 0 Å². The van der Waals surface area contributed by atoms with E-state index in [-0.39, 0.29) is 30.9 Å². The highest BCUT2D eigenvalue weighted by atomic mass is 16.7. The Morgan fingerprint density at radius 3 is 1.72 bits per heavy atom. The van der Waals surface area contributed by atoms with Crippen LogP contribution in [-0.2, 0) is 51.2 Å². The quantitative estimate of drug-likeness (QED) is 0.0576. The van der Waals surface area contributed by atoms with Crippen LogP contribution < -0.4 is 0 Å². The molecule has 0 aromatic heterocycles. The molecule has 0 bridgehead atoms. The molecule has 0 saturated carbocycles. The molecule has 296 valence electrons. The number of amides is 2. The van der Waals surface area contributed by atoms with Gasteiger partial charge in [0.25, 0.3) is 11.8 Å². The smallest absolute Gasteiger partial charge is 0.303 e. The van der Waals surface area contributed by atoms with Gasteiger partial charge in [-0.05, 0) is 39.9 Å². The van der Waals surface area contributed by atoms with Crippen LogP contribution in [0, 0.1) is 0 Å². The molecule has 2 amide bonds. The van der Waals surface area contributed by atoms with Crippen molar-refractivity contribution in [3.05, 3.63) is 139 Å². The first kappa shape index (κ1) is 40.6. The van der Waals surface area contributed by atoms with Crippen molar-refractivity contribution in [3.8, 4) is 0 Å². The number of azide groups is 3. The zero-order valence-corrected chi connectivity index (χ0v) is 30.7. The minimum atomic E-state index is -1.59. The molecule has 3 aromatic rings. The molecule has 0 aliphatic carbocycles. The second kappa shape index (κ2) is 19.2. The van der Waals surface area contributed by atoms with Crippen molar-refractivity contribution >= 4 is 17.8 Å². The molecule has 6 rings (SSSR count). The van der Waals surface area contributed by atoms with Gasteiger partial charge in [-0.15, -0.1) is 0 Å². The average Bonchev–Trinajstić information content (AvgIpc) is 3.46. The zero-order valence-electron chi connectivity index (χ0n) is 30.7. The first-order valence-electron chi connectivity index (χ1n) is 17.8. The number of benzene rings is 3. The van der Waals surface area contributed by atoms with Gasteiger partial charge in [0.1, 0.15) is 36.5 Å². The van der Waals surface area contributed by atoms with Crippen LogP contribution in [0.15, 0.2) is 100 Å². The Bertz CT molecular complexity index is 2010. The molecular weight excluding hydrogens is 744 g/mol. The Labute approximate surface area is 325 Å². The number of carbonyl (C=O) groups is 3. The van der Waals surface area contributed by atoms with E-state index in [9.17, 15) is 31.0 Å². The molecule has 2 saturated heterocycles. The van der Waals surface area contributed by atoms with Crippen molar-refractivity contribution < 1.29 is 47.5 Å². The Hall–Kier alpha value is -6.04. The van der Waals surface area contributed by atoms with Crippen molar-refractivity contribution in [1.29, 1.82) is 0 Å². The van der Waals surface area contributed by atoms with Gasteiger partial charge in [0, 0.05) is 28.8 Å². The second-order valence-electron chi connectivity index (χ2n) is 13.1. The highest BCUT2D eigenvalue weighted by Gasteiger charge is 2.54. The van der Waals surface area contributed by atoms with Crippen LogP contribution in [0.4, 0.5) is 0 Å². The summed E-state index contributed by atoms with van der Waals surface area (Å²) in [5.41, 5.74) is 30.6. The first-order valence-corrected chi connectivity index (χ1v) is 17.8. The van der Waals surface area contributed by atoms with Crippen LogP contribution >= 0.6 is 0 Å². The Kier molecular flexibility index (Phi) is 13.7. The largest absolute Gasteiger partial charge is 0.457 e. The maximum absolute atomic E-state index is 13.6. The lowest BCUT2D eigenvalue weighted by molar-refractivity contribution is -0.328. The fourth-order valence-electron chi connectivity index (χ4n) is 7.02. The SMILES string of the molecule is CO[C@H]1O[C@H](CN=[N+]=[N-])[C@@H](O[C@H]2O[C@H](CN3C(=O)c4ccccc4C3=O)[C@@H](OC(C)=O)[C@H](OCc3ccccc3)[C@H]2N=[N+]=[N-])[C@H](OCc2ccccc2)[C@H]1N=[N+]=[N-]. The van der Waals surface area contributed by atoms with Gasteiger partial charge in [0.15, 0.2) is 18.7 Å². The normalized spacial score (nSPS) is 28.0. The van der Waals surface area contributed by atoms with Crippen molar-refractivity contribution in [2.24, 2.45) is 15.3 Å². The predicted octanol–water partition coefficient (Wildman–Crippen LogP) is 5.53. The number of carbonyl (C=O) groups excluding carboxylic acids is 3. The van der Waals surface area contributed by atoms with E-state index in [4.69, 9.17) is 33.2 Å². The minimum Gasteiger partial charge on any atom is -0.457 e. The van der Waals surface area contributed by atoms with Crippen LogP contribution in [0.1, 0.15) is 38.8 Å². The summed E-state index contributed by atoms with van der Waals surface area (Å²) in [6, 6.07) is 21.8. The summed E-state index contributed by atoms with van der Waals surface area (Å²) < 4.78 is 43.4. The maximum atomic E-state index is 13.6. The summed E-state index contributed by atoms with van der Waals surface area (Å²) in [7, 11) is 1.33. The van der Waals surface area contributed by atoms with Crippen LogP contribution in [0.3, 0.4) is 0 Å². The molecular formula is C37H38N10O10. The number of fused-ring (bicyclic) bond motifs is 1. The Morgan fingerprint density at radius 2 is 1.21 bits per heavy atom. The minimum absolute atomic E-state index is 0.00150. The van der Waals surface area contributed by atoms with E-state index >= 15 is 0 Å². The van der Waals surface area contributed by atoms with E-state index in [1.807, 2.05) is 36.4 Å². The van der Waals surface area contributed by atoms with Gasteiger partial charge in [-0.25, -0.2) is 0 Å². The van der Waals surface area contributed by atoms with Crippen LogP contribution in [0.25, 0.3) is 31.3 Å². The highest BCUT2D eigenvalue weighted by molar-refractivity contribution is 6.21. The van der Waals surface area contributed by atoms with Gasteiger partial charge >= 0.3 is 5.97 Å².